The molecule has 3 aromatic heterocycles. The fourth-order valence-corrected chi connectivity index (χ4v) is 4.62. The van der Waals surface area contributed by atoms with Crippen LogP contribution in [0.4, 0.5) is 5.69 Å². The number of rotatable bonds is 4. The van der Waals surface area contributed by atoms with Gasteiger partial charge in [-0.2, -0.15) is 0 Å². The minimum Gasteiger partial charge on any atom is -0.367 e. The van der Waals surface area contributed by atoms with E-state index in [1.165, 1.54) is 0 Å². The normalized spacial score (nSPS) is 14.1. The van der Waals surface area contributed by atoms with Gasteiger partial charge in [-0.1, -0.05) is 0 Å². The lowest BCUT2D eigenvalue weighted by atomic mass is 10.2. The number of aromatic nitrogens is 3. The predicted molar refractivity (Wildman–Crippen MR) is 118 cm³/mol. The number of carbonyl (C=O) groups is 2. The van der Waals surface area contributed by atoms with E-state index in [0.717, 1.165) is 21.6 Å². The van der Waals surface area contributed by atoms with E-state index in [0.29, 0.717) is 47.0 Å². The van der Waals surface area contributed by atoms with Crippen molar-refractivity contribution in [2.45, 2.75) is 13.5 Å². The molecule has 11 heteroatoms. The van der Waals surface area contributed by atoms with Gasteiger partial charge in [0.1, 0.15) is 10.4 Å². The van der Waals surface area contributed by atoms with Gasteiger partial charge in [0, 0.05) is 39.8 Å². The Bertz CT molecular complexity index is 1250. The van der Waals surface area contributed by atoms with Crippen LogP contribution in [0.15, 0.2) is 34.0 Å². The number of pyridine rings is 1. The third-order valence-electron chi connectivity index (χ3n) is 5.32. The van der Waals surface area contributed by atoms with Crippen molar-refractivity contribution < 1.29 is 9.59 Å². The fraction of sp³-hybridized carbons (Fsp3) is 0.350. The maximum absolute atomic E-state index is 13.0. The Balaban J connectivity index is 1.47. The molecule has 1 aliphatic rings. The Labute approximate surface area is 181 Å². The average molecular weight is 443 g/mol. The number of H-pyrrole nitrogens is 1. The van der Waals surface area contributed by atoms with Crippen LogP contribution in [0.3, 0.4) is 0 Å². The molecule has 0 atom stereocenters. The third kappa shape index (κ3) is 3.83. The molecule has 1 aliphatic heterocycles. The SMILES string of the molecule is CCn1c(=O)[nH]c2cc(C(=O)N3CCN(c4ccc(C(=O)NC)nc4)CC3)sc2c1=O. The monoisotopic (exact) mass is 442 g/mol. The van der Waals surface area contributed by atoms with Gasteiger partial charge in [0.2, 0.25) is 0 Å². The van der Waals surface area contributed by atoms with Crippen LogP contribution in [0.1, 0.15) is 27.1 Å². The van der Waals surface area contributed by atoms with Gasteiger partial charge in [-0.15, -0.1) is 11.3 Å². The summed E-state index contributed by atoms with van der Waals surface area (Å²) in [6, 6.07) is 5.10. The van der Waals surface area contributed by atoms with Gasteiger partial charge in [0.05, 0.1) is 22.3 Å². The topological polar surface area (TPSA) is 120 Å². The van der Waals surface area contributed by atoms with Crippen LogP contribution in [0, 0.1) is 0 Å². The summed E-state index contributed by atoms with van der Waals surface area (Å²) >= 11 is 1.11. The minimum atomic E-state index is -0.471. The van der Waals surface area contributed by atoms with Crippen LogP contribution in [-0.2, 0) is 6.54 Å². The van der Waals surface area contributed by atoms with Crippen molar-refractivity contribution in [2.24, 2.45) is 0 Å². The molecule has 0 unspecified atom stereocenters. The number of piperazine rings is 1. The van der Waals surface area contributed by atoms with Gasteiger partial charge in [-0.25, -0.2) is 9.78 Å². The zero-order chi connectivity index (χ0) is 22.1. The Kier molecular flexibility index (Phi) is 5.59. The molecule has 1 fully saturated rings. The third-order valence-corrected chi connectivity index (χ3v) is 6.44. The second-order valence-electron chi connectivity index (χ2n) is 7.09. The summed E-state index contributed by atoms with van der Waals surface area (Å²) in [5, 5.41) is 2.54. The highest BCUT2D eigenvalue weighted by molar-refractivity contribution is 7.20. The number of thiophene rings is 1. The molecule has 10 nitrogen and oxygen atoms in total. The summed E-state index contributed by atoms with van der Waals surface area (Å²) in [5.41, 5.74) is 0.794. The second-order valence-corrected chi connectivity index (χ2v) is 8.15. The van der Waals surface area contributed by atoms with E-state index < -0.39 is 5.69 Å². The van der Waals surface area contributed by atoms with Crippen molar-refractivity contribution in [3.8, 4) is 0 Å². The van der Waals surface area contributed by atoms with Gasteiger partial charge < -0.3 is 20.1 Å². The van der Waals surface area contributed by atoms with Gasteiger partial charge in [-0.3, -0.25) is 19.0 Å². The summed E-state index contributed by atoms with van der Waals surface area (Å²) in [6.45, 7) is 4.27. The van der Waals surface area contributed by atoms with Crippen LogP contribution in [-0.4, -0.2) is 64.5 Å². The summed E-state index contributed by atoms with van der Waals surface area (Å²) < 4.78 is 1.50. The van der Waals surface area contributed by atoms with Crippen LogP contribution in [0.25, 0.3) is 10.2 Å². The van der Waals surface area contributed by atoms with Gasteiger partial charge in [0.15, 0.2) is 0 Å². The molecule has 0 spiro atoms. The molecule has 3 aromatic rings. The molecule has 0 saturated carbocycles. The lowest BCUT2D eigenvalue weighted by molar-refractivity contribution is 0.0751. The first-order valence-electron chi connectivity index (χ1n) is 9.92. The maximum Gasteiger partial charge on any atom is 0.328 e. The molecule has 4 rings (SSSR count). The first-order chi connectivity index (χ1) is 14.9. The number of hydrogen-bond donors (Lipinski definition) is 2. The molecule has 2 N–H and O–H groups in total. The largest absolute Gasteiger partial charge is 0.367 e. The van der Waals surface area contributed by atoms with E-state index >= 15 is 0 Å². The average Bonchev–Trinajstić information content (AvgIpc) is 3.23. The van der Waals surface area contributed by atoms with Crippen LogP contribution in [0.5, 0.6) is 0 Å². The van der Waals surface area contributed by atoms with Crippen LogP contribution >= 0.6 is 11.3 Å². The number of nitrogens with zero attached hydrogens (tertiary/aromatic N) is 4. The summed E-state index contributed by atoms with van der Waals surface area (Å²) in [4.78, 5) is 60.2. The van der Waals surface area contributed by atoms with Crippen molar-refractivity contribution >= 4 is 39.1 Å². The Morgan fingerprint density at radius 1 is 1.19 bits per heavy atom. The molecule has 162 valence electrons. The second kappa shape index (κ2) is 8.34. The first-order valence-corrected chi connectivity index (χ1v) is 10.7. The lowest BCUT2D eigenvalue weighted by Gasteiger charge is -2.35. The Morgan fingerprint density at radius 2 is 1.94 bits per heavy atom. The van der Waals surface area contributed by atoms with E-state index in [9.17, 15) is 19.2 Å². The summed E-state index contributed by atoms with van der Waals surface area (Å²) in [5.74, 6) is -0.394. The van der Waals surface area contributed by atoms with E-state index in [-0.39, 0.29) is 23.9 Å². The van der Waals surface area contributed by atoms with Crippen molar-refractivity contribution in [3.63, 3.8) is 0 Å². The lowest BCUT2D eigenvalue weighted by Crippen LogP contribution is -2.48. The molecule has 0 aromatic carbocycles. The van der Waals surface area contributed by atoms with Gasteiger partial charge >= 0.3 is 5.69 Å². The first kappa shape index (κ1) is 20.8. The molecular weight excluding hydrogens is 420 g/mol. The summed E-state index contributed by atoms with van der Waals surface area (Å²) in [6.07, 6.45) is 1.66. The highest BCUT2D eigenvalue weighted by Gasteiger charge is 2.25. The molecular formula is C20H22N6O4S. The van der Waals surface area contributed by atoms with Crippen molar-refractivity contribution in [3.05, 3.63) is 55.8 Å². The van der Waals surface area contributed by atoms with Crippen LogP contribution in [0.2, 0.25) is 0 Å². The summed E-state index contributed by atoms with van der Waals surface area (Å²) in [7, 11) is 1.56. The van der Waals surface area contributed by atoms with E-state index in [1.54, 1.807) is 37.2 Å². The Morgan fingerprint density at radius 3 is 2.55 bits per heavy atom. The standard InChI is InChI=1S/C20H22N6O4S/c1-3-26-19(29)16-14(23-20(26)30)10-15(31-16)18(28)25-8-6-24(7-9-25)12-4-5-13(22-11-12)17(27)21-2/h4-5,10-11H,3,6-9H2,1-2H3,(H,21,27)(H,23,30). The zero-order valence-corrected chi connectivity index (χ0v) is 18.0. The van der Waals surface area contributed by atoms with Crippen molar-refractivity contribution in [1.29, 1.82) is 0 Å². The van der Waals surface area contributed by atoms with Crippen molar-refractivity contribution in [1.82, 2.24) is 24.8 Å². The van der Waals surface area contributed by atoms with Crippen molar-refractivity contribution in [2.75, 3.05) is 38.1 Å². The molecule has 1 saturated heterocycles. The smallest absolute Gasteiger partial charge is 0.328 e. The number of nitrogens with one attached hydrogen (secondary N) is 2. The number of anilines is 1. The van der Waals surface area contributed by atoms with E-state index in [1.807, 2.05) is 6.07 Å². The van der Waals surface area contributed by atoms with E-state index in [4.69, 9.17) is 0 Å². The zero-order valence-electron chi connectivity index (χ0n) is 17.2. The molecule has 0 aliphatic carbocycles. The molecule has 0 radical (unpaired) electrons. The molecule has 2 amide bonds. The van der Waals surface area contributed by atoms with Crippen LogP contribution < -0.4 is 21.5 Å². The maximum atomic E-state index is 13.0. The molecule has 0 bridgehead atoms. The quantitative estimate of drug-likeness (QED) is 0.607. The highest BCUT2D eigenvalue weighted by Crippen LogP contribution is 2.23. The van der Waals surface area contributed by atoms with Gasteiger partial charge in [-0.05, 0) is 25.1 Å². The number of fused-ring (bicyclic) bond motifs is 1. The number of carbonyl (C=O) groups excluding carboxylic acids is 2. The Hall–Kier alpha value is -3.47. The fourth-order valence-electron chi connectivity index (χ4n) is 3.59. The molecule has 4 heterocycles. The minimum absolute atomic E-state index is 0.155. The van der Waals surface area contributed by atoms with Gasteiger partial charge in [0.25, 0.3) is 17.4 Å². The highest BCUT2D eigenvalue weighted by atomic mass is 32.1. The molecule has 31 heavy (non-hydrogen) atoms. The number of amides is 2. The number of hydrogen-bond acceptors (Lipinski definition) is 7. The number of aromatic amines is 1. The predicted octanol–water partition coefficient (Wildman–Crippen LogP) is 0.488. The van der Waals surface area contributed by atoms with E-state index in [2.05, 4.69) is 20.2 Å².